The Labute approximate surface area is 124 Å². The van der Waals surface area contributed by atoms with E-state index in [9.17, 15) is 9.59 Å². The summed E-state index contributed by atoms with van der Waals surface area (Å²) in [6, 6.07) is 11.7. The number of hydrogen-bond donors (Lipinski definition) is 2. The Morgan fingerprint density at radius 1 is 1.15 bits per heavy atom. The molecule has 2 aromatic carbocycles. The largest absolute Gasteiger partial charge is 0.478 e. The van der Waals surface area contributed by atoms with E-state index in [0.29, 0.717) is 21.3 Å². The molecule has 0 atom stereocenters. The van der Waals surface area contributed by atoms with E-state index in [4.69, 9.17) is 5.11 Å². The molecule has 0 spiro atoms. The van der Waals surface area contributed by atoms with Gasteiger partial charge in [-0.25, -0.2) is 4.79 Å². The number of carbonyl (C=O) groups is 2. The number of anilines is 1. The SMILES string of the molecule is Cc1cc(C(=O)O)ccc1NC(=O)c1ccccc1Br. The highest BCUT2D eigenvalue weighted by Gasteiger charge is 2.12. The zero-order valence-electron chi connectivity index (χ0n) is 10.7. The topological polar surface area (TPSA) is 66.4 Å². The number of carboxylic acid groups (broad SMARTS) is 1. The Morgan fingerprint density at radius 2 is 1.85 bits per heavy atom. The lowest BCUT2D eigenvalue weighted by Crippen LogP contribution is -2.13. The normalized spacial score (nSPS) is 10.1. The van der Waals surface area contributed by atoms with Crippen molar-refractivity contribution in [1.29, 1.82) is 0 Å². The van der Waals surface area contributed by atoms with Gasteiger partial charge in [0.1, 0.15) is 0 Å². The molecule has 5 heteroatoms. The van der Waals surface area contributed by atoms with Gasteiger partial charge >= 0.3 is 5.97 Å². The van der Waals surface area contributed by atoms with Crippen molar-refractivity contribution in [3.63, 3.8) is 0 Å². The van der Waals surface area contributed by atoms with E-state index < -0.39 is 5.97 Å². The van der Waals surface area contributed by atoms with E-state index in [-0.39, 0.29) is 11.5 Å². The molecular weight excluding hydrogens is 322 g/mol. The van der Waals surface area contributed by atoms with Crippen LogP contribution in [0.3, 0.4) is 0 Å². The Bertz CT molecular complexity index is 683. The summed E-state index contributed by atoms with van der Waals surface area (Å²) in [5.74, 6) is -1.24. The van der Waals surface area contributed by atoms with Gasteiger partial charge in [0.05, 0.1) is 11.1 Å². The molecule has 0 unspecified atom stereocenters. The number of aromatic carboxylic acids is 1. The van der Waals surface area contributed by atoms with Gasteiger partial charge in [-0.3, -0.25) is 4.79 Å². The number of amides is 1. The molecule has 0 aliphatic rings. The van der Waals surface area contributed by atoms with E-state index in [1.54, 1.807) is 31.2 Å². The molecular formula is C15H12BrNO3. The Balaban J connectivity index is 2.25. The molecule has 4 nitrogen and oxygen atoms in total. The Kier molecular flexibility index (Phi) is 4.20. The maximum atomic E-state index is 12.1. The summed E-state index contributed by atoms with van der Waals surface area (Å²) in [6.45, 7) is 1.75. The van der Waals surface area contributed by atoms with Gasteiger partial charge in [-0.15, -0.1) is 0 Å². The van der Waals surface area contributed by atoms with Crippen LogP contribution in [0.5, 0.6) is 0 Å². The number of nitrogens with one attached hydrogen (secondary N) is 1. The summed E-state index contributed by atoms with van der Waals surface area (Å²) in [5.41, 5.74) is 2.01. The summed E-state index contributed by atoms with van der Waals surface area (Å²) in [7, 11) is 0. The number of carbonyl (C=O) groups excluding carboxylic acids is 1. The van der Waals surface area contributed by atoms with E-state index >= 15 is 0 Å². The molecule has 1 amide bonds. The molecule has 0 radical (unpaired) electrons. The predicted molar refractivity (Wildman–Crippen MR) is 80.2 cm³/mol. The molecule has 0 fully saturated rings. The van der Waals surface area contributed by atoms with Gasteiger partial charge in [0.25, 0.3) is 5.91 Å². The summed E-state index contributed by atoms with van der Waals surface area (Å²) < 4.78 is 0.706. The van der Waals surface area contributed by atoms with Crippen LogP contribution in [0.1, 0.15) is 26.3 Å². The third-order valence-electron chi connectivity index (χ3n) is 2.84. The first-order valence-corrected chi connectivity index (χ1v) is 6.68. The van der Waals surface area contributed by atoms with E-state index in [0.717, 1.165) is 0 Å². The zero-order valence-corrected chi connectivity index (χ0v) is 12.3. The van der Waals surface area contributed by atoms with Crippen molar-refractivity contribution in [2.75, 3.05) is 5.32 Å². The smallest absolute Gasteiger partial charge is 0.335 e. The van der Waals surface area contributed by atoms with Gasteiger partial charge < -0.3 is 10.4 Å². The molecule has 0 aromatic heterocycles. The van der Waals surface area contributed by atoms with E-state index in [1.807, 2.05) is 6.07 Å². The van der Waals surface area contributed by atoms with Crippen molar-refractivity contribution in [2.45, 2.75) is 6.92 Å². The van der Waals surface area contributed by atoms with Crippen LogP contribution in [0.2, 0.25) is 0 Å². The van der Waals surface area contributed by atoms with Gasteiger partial charge in [0.15, 0.2) is 0 Å². The first-order valence-electron chi connectivity index (χ1n) is 5.89. The van der Waals surface area contributed by atoms with Crippen LogP contribution < -0.4 is 5.32 Å². The quantitative estimate of drug-likeness (QED) is 0.899. The number of rotatable bonds is 3. The monoisotopic (exact) mass is 333 g/mol. The van der Waals surface area contributed by atoms with E-state index in [1.165, 1.54) is 12.1 Å². The number of benzene rings is 2. The second-order valence-electron chi connectivity index (χ2n) is 4.27. The minimum Gasteiger partial charge on any atom is -0.478 e. The predicted octanol–water partition coefficient (Wildman–Crippen LogP) is 3.71. The maximum Gasteiger partial charge on any atom is 0.335 e. The summed E-state index contributed by atoms with van der Waals surface area (Å²) in [6.07, 6.45) is 0. The van der Waals surface area contributed by atoms with Gasteiger partial charge in [-0.05, 0) is 58.7 Å². The highest BCUT2D eigenvalue weighted by Crippen LogP contribution is 2.20. The average molecular weight is 334 g/mol. The first-order chi connectivity index (χ1) is 9.49. The fourth-order valence-electron chi connectivity index (χ4n) is 1.77. The second kappa shape index (κ2) is 5.88. The Hall–Kier alpha value is -2.14. The molecule has 102 valence electrons. The van der Waals surface area contributed by atoms with Crippen LogP contribution in [0, 0.1) is 6.92 Å². The zero-order chi connectivity index (χ0) is 14.7. The van der Waals surface area contributed by atoms with Crippen molar-refractivity contribution >= 4 is 33.5 Å². The number of halogens is 1. The van der Waals surface area contributed by atoms with Crippen LogP contribution in [0.4, 0.5) is 5.69 Å². The highest BCUT2D eigenvalue weighted by molar-refractivity contribution is 9.10. The van der Waals surface area contributed by atoms with Gasteiger partial charge in [-0.2, -0.15) is 0 Å². The second-order valence-corrected chi connectivity index (χ2v) is 5.12. The Morgan fingerprint density at radius 3 is 2.45 bits per heavy atom. The lowest BCUT2D eigenvalue weighted by molar-refractivity contribution is 0.0696. The average Bonchev–Trinajstić information content (AvgIpc) is 2.41. The summed E-state index contributed by atoms with van der Waals surface area (Å²) in [4.78, 5) is 23.0. The lowest BCUT2D eigenvalue weighted by atomic mass is 10.1. The maximum absolute atomic E-state index is 12.1. The first kappa shape index (κ1) is 14.3. The van der Waals surface area contributed by atoms with Gasteiger partial charge in [0, 0.05) is 10.2 Å². The minimum atomic E-state index is -0.989. The fraction of sp³-hybridized carbons (Fsp3) is 0.0667. The van der Waals surface area contributed by atoms with Crippen molar-refractivity contribution in [3.8, 4) is 0 Å². The third-order valence-corrected chi connectivity index (χ3v) is 3.53. The van der Waals surface area contributed by atoms with Crippen LogP contribution in [0.15, 0.2) is 46.9 Å². The molecule has 0 aliphatic carbocycles. The lowest BCUT2D eigenvalue weighted by Gasteiger charge is -2.10. The molecule has 0 bridgehead atoms. The van der Waals surface area contributed by atoms with Crippen LogP contribution in [-0.4, -0.2) is 17.0 Å². The van der Waals surface area contributed by atoms with Crippen molar-refractivity contribution in [3.05, 3.63) is 63.6 Å². The molecule has 2 N–H and O–H groups in total. The van der Waals surface area contributed by atoms with E-state index in [2.05, 4.69) is 21.2 Å². The molecule has 0 saturated carbocycles. The number of hydrogen-bond acceptors (Lipinski definition) is 2. The summed E-state index contributed by atoms with van der Waals surface area (Å²) in [5, 5.41) is 11.7. The van der Waals surface area contributed by atoms with Crippen molar-refractivity contribution < 1.29 is 14.7 Å². The fourth-order valence-corrected chi connectivity index (χ4v) is 2.24. The highest BCUT2D eigenvalue weighted by atomic mass is 79.9. The molecule has 20 heavy (non-hydrogen) atoms. The third kappa shape index (κ3) is 3.05. The molecule has 0 heterocycles. The van der Waals surface area contributed by atoms with Gasteiger partial charge in [0.2, 0.25) is 0 Å². The van der Waals surface area contributed by atoms with Crippen LogP contribution in [0.25, 0.3) is 0 Å². The minimum absolute atomic E-state index is 0.196. The standard InChI is InChI=1S/C15H12BrNO3/c1-9-8-10(15(19)20)6-7-13(9)17-14(18)11-4-2-3-5-12(11)16/h2-8H,1H3,(H,17,18)(H,19,20). The van der Waals surface area contributed by atoms with Crippen LogP contribution >= 0.6 is 15.9 Å². The number of carboxylic acids is 1. The molecule has 2 aromatic rings. The molecule has 2 rings (SSSR count). The summed E-state index contributed by atoms with van der Waals surface area (Å²) >= 11 is 3.32. The molecule has 0 aliphatic heterocycles. The van der Waals surface area contributed by atoms with Crippen molar-refractivity contribution in [2.24, 2.45) is 0 Å². The number of aryl methyl sites for hydroxylation is 1. The van der Waals surface area contributed by atoms with Crippen molar-refractivity contribution in [1.82, 2.24) is 0 Å². The van der Waals surface area contributed by atoms with Gasteiger partial charge in [-0.1, -0.05) is 12.1 Å². The van der Waals surface area contributed by atoms with Crippen LogP contribution in [-0.2, 0) is 0 Å². The molecule has 0 saturated heterocycles.